The van der Waals surface area contributed by atoms with E-state index in [1.165, 1.54) is 5.56 Å². The maximum Gasteiger partial charge on any atom is 0.101 e. The normalized spacial score (nSPS) is 14.2. The Morgan fingerprint density at radius 1 is 1.23 bits per heavy atom. The zero-order chi connectivity index (χ0) is 9.90. The van der Waals surface area contributed by atoms with Gasteiger partial charge < -0.3 is 0 Å². The Morgan fingerprint density at radius 3 is 2.23 bits per heavy atom. The third-order valence-corrected chi connectivity index (χ3v) is 2.57. The smallest absolute Gasteiger partial charge is 0.101 e. The van der Waals surface area contributed by atoms with Crippen molar-refractivity contribution in [3.05, 3.63) is 35.9 Å². The largest absolute Gasteiger partial charge is 0.230 e. The Labute approximate surface area is 80.4 Å². The van der Waals surface area contributed by atoms with Crippen molar-refractivity contribution < 1.29 is 5.11 Å². The van der Waals surface area contributed by atoms with E-state index in [0.717, 1.165) is 6.42 Å². The molecule has 0 aliphatic rings. The van der Waals surface area contributed by atoms with Gasteiger partial charge in [0.25, 0.3) is 0 Å². The standard InChI is InChI=1S/C12H17O/c1-10(12(2,3)13)9-11-7-5-4-6-8-11/h4-8,10H,9H2,1-3H3. The molecule has 71 valence electrons. The highest BCUT2D eigenvalue weighted by atomic mass is 16.3. The van der Waals surface area contributed by atoms with E-state index >= 15 is 0 Å². The first-order valence-electron chi connectivity index (χ1n) is 4.74. The molecule has 0 saturated carbocycles. The van der Waals surface area contributed by atoms with Crippen molar-refractivity contribution >= 4 is 0 Å². The van der Waals surface area contributed by atoms with Crippen LogP contribution in [0.15, 0.2) is 30.3 Å². The van der Waals surface area contributed by atoms with Crippen molar-refractivity contribution in [3.8, 4) is 0 Å². The molecule has 1 rings (SSSR count). The van der Waals surface area contributed by atoms with Gasteiger partial charge in [-0.2, -0.15) is 0 Å². The van der Waals surface area contributed by atoms with Gasteiger partial charge >= 0.3 is 0 Å². The van der Waals surface area contributed by atoms with Crippen LogP contribution in [0.2, 0.25) is 0 Å². The highest BCUT2D eigenvalue weighted by Gasteiger charge is 2.24. The van der Waals surface area contributed by atoms with Crippen LogP contribution >= 0.6 is 0 Å². The molecule has 0 fully saturated rings. The molecule has 0 bridgehead atoms. The Kier molecular flexibility index (Phi) is 3.10. The lowest BCUT2D eigenvalue weighted by atomic mass is 9.87. The molecular formula is C12H17O. The third kappa shape index (κ3) is 3.19. The molecule has 1 aromatic rings. The minimum absolute atomic E-state index is 0.176. The number of rotatable bonds is 3. The van der Waals surface area contributed by atoms with Crippen LogP contribution in [0.25, 0.3) is 0 Å². The molecule has 0 N–H and O–H groups in total. The average molecular weight is 177 g/mol. The second-order valence-corrected chi connectivity index (χ2v) is 4.19. The van der Waals surface area contributed by atoms with Crippen molar-refractivity contribution in [2.75, 3.05) is 0 Å². The van der Waals surface area contributed by atoms with Gasteiger partial charge in [0.1, 0.15) is 5.60 Å². The summed E-state index contributed by atoms with van der Waals surface area (Å²) in [7, 11) is 0. The first-order valence-corrected chi connectivity index (χ1v) is 4.74. The van der Waals surface area contributed by atoms with Crippen molar-refractivity contribution in [1.29, 1.82) is 0 Å². The number of hydrogen-bond donors (Lipinski definition) is 0. The fraction of sp³-hybridized carbons (Fsp3) is 0.500. The summed E-state index contributed by atoms with van der Waals surface area (Å²) in [6.07, 6.45) is 0.872. The van der Waals surface area contributed by atoms with Crippen LogP contribution in [0.1, 0.15) is 26.3 Å². The third-order valence-electron chi connectivity index (χ3n) is 2.57. The SMILES string of the molecule is CC(Cc1ccccc1)C(C)(C)[O]. The van der Waals surface area contributed by atoms with E-state index in [9.17, 15) is 5.11 Å². The van der Waals surface area contributed by atoms with E-state index in [-0.39, 0.29) is 5.92 Å². The Balaban J connectivity index is 2.61. The van der Waals surface area contributed by atoms with Gasteiger partial charge in [0.15, 0.2) is 0 Å². The molecule has 1 nitrogen and oxygen atoms in total. The fourth-order valence-corrected chi connectivity index (χ4v) is 1.21. The van der Waals surface area contributed by atoms with Gasteiger partial charge in [0.05, 0.1) is 0 Å². The molecule has 0 heterocycles. The van der Waals surface area contributed by atoms with Crippen LogP contribution in [0.5, 0.6) is 0 Å². The predicted octanol–water partition coefficient (Wildman–Crippen LogP) is 3.07. The van der Waals surface area contributed by atoms with Crippen LogP contribution in [0, 0.1) is 5.92 Å². The van der Waals surface area contributed by atoms with Gasteiger partial charge in [0, 0.05) is 0 Å². The van der Waals surface area contributed by atoms with Crippen molar-refractivity contribution in [1.82, 2.24) is 0 Å². The van der Waals surface area contributed by atoms with E-state index in [1.807, 2.05) is 25.1 Å². The first-order chi connectivity index (χ1) is 6.00. The van der Waals surface area contributed by atoms with Gasteiger partial charge in [-0.15, -0.1) is 0 Å². The average Bonchev–Trinajstić information content (AvgIpc) is 2.04. The Hall–Kier alpha value is -0.820. The minimum atomic E-state index is -0.837. The molecule has 0 aliphatic carbocycles. The van der Waals surface area contributed by atoms with Crippen molar-refractivity contribution in [2.45, 2.75) is 32.8 Å². The lowest BCUT2D eigenvalue weighted by molar-refractivity contribution is -0.0406. The molecule has 1 aromatic carbocycles. The van der Waals surface area contributed by atoms with Crippen LogP contribution in [0.4, 0.5) is 0 Å². The molecule has 0 spiro atoms. The highest BCUT2D eigenvalue weighted by molar-refractivity contribution is 5.15. The Bertz CT molecular complexity index is 246. The van der Waals surface area contributed by atoms with Gasteiger partial charge in [0.2, 0.25) is 0 Å². The summed E-state index contributed by atoms with van der Waals surface area (Å²) in [5.41, 5.74) is 0.412. The van der Waals surface area contributed by atoms with Gasteiger partial charge in [-0.05, 0) is 31.7 Å². The van der Waals surface area contributed by atoms with Crippen LogP contribution < -0.4 is 0 Å². The fourth-order valence-electron chi connectivity index (χ4n) is 1.21. The molecule has 0 amide bonds. The van der Waals surface area contributed by atoms with E-state index in [1.54, 1.807) is 13.8 Å². The molecule has 0 aromatic heterocycles. The summed E-state index contributed by atoms with van der Waals surface area (Å²) >= 11 is 0. The maximum atomic E-state index is 11.6. The number of hydrogen-bond acceptors (Lipinski definition) is 0. The van der Waals surface area contributed by atoms with Crippen LogP contribution in [-0.2, 0) is 11.5 Å². The molecule has 13 heavy (non-hydrogen) atoms. The molecule has 0 saturated heterocycles. The quantitative estimate of drug-likeness (QED) is 0.676. The molecule has 0 aliphatic heterocycles. The second-order valence-electron chi connectivity index (χ2n) is 4.19. The monoisotopic (exact) mass is 177 g/mol. The van der Waals surface area contributed by atoms with Crippen molar-refractivity contribution in [3.63, 3.8) is 0 Å². The van der Waals surface area contributed by atoms with E-state index in [4.69, 9.17) is 0 Å². The lowest BCUT2D eigenvalue weighted by Gasteiger charge is -2.23. The van der Waals surface area contributed by atoms with Gasteiger partial charge in [-0.1, -0.05) is 37.3 Å². The summed E-state index contributed by atoms with van der Waals surface area (Å²) in [5, 5.41) is 11.6. The van der Waals surface area contributed by atoms with E-state index < -0.39 is 5.60 Å². The number of benzene rings is 1. The van der Waals surface area contributed by atoms with Crippen molar-refractivity contribution in [2.24, 2.45) is 5.92 Å². The van der Waals surface area contributed by atoms with Gasteiger partial charge in [-0.25, -0.2) is 5.11 Å². The Morgan fingerprint density at radius 2 is 1.77 bits per heavy atom. The minimum Gasteiger partial charge on any atom is -0.230 e. The molecule has 1 atom stereocenters. The van der Waals surface area contributed by atoms with E-state index in [0.29, 0.717) is 0 Å². The topological polar surface area (TPSA) is 19.9 Å². The van der Waals surface area contributed by atoms with E-state index in [2.05, 4.69) is 12.1 Å². The zero-order valence-corrected chi connectivity index (χ0v) is 8.58. The summed E-state index contributed by atoms with van der Waals surface area (Å²) < 4.78 is 0. The maximum absolute atomic E-state index is 11.6. The summed E-state index contributed by atoms with van der Waals surface area (Å²) in [5.74, 6) is 0.176. The van der Waals surface area contributed by atoms with Crippen LogP contribution in [-0.4, -0.2) is 5.60 Å². The second kappa shape index (κ2) is 3.93. The summed E-state index contributed by atoms with van der Waals surface area (Å²) in [6.45, 7) is 5.52. The highest BCUT2D eigenvalue weighted by Crippen LogP contribution is 2.20. The molecule has 1 radical (unpaired) electrons. The summed E-state index contributed by atoms with van der Waals surface area (Å²) in [6, 6.07) is 10.2. The zero-order valence-electron chi connectivity index (χ0n) is 8.58. The summed E-state index contributed by atoms with van der Waals surface area (Å²) in [4.78, 5) is 0. The first kappa shape index (κ1) is 10.3. The van der Waals surface area contributed by atoms with Gasteiger partial charge in [-0.3, -0.25) is 0 Å². The predicted molar refractivity (Wildman–Crippen MR) is 54.1 cm³/mol. The lowest BCUT2D eigenvalue weighted by Crippen LogP contribution is -2.28. The molecule has 1 heteroatoms. The molecule has 1 unspecified atom stereocenters. The molecular weight excluding hydrogens is 160 g/mol. The van der Waals surface area contributed by atoms with Crippen LogP contribution in [0.3, 0.4) is 0 Å².